The fourth-order valence-corrected chi connectivity index (χ4v) is 1.43. The minimum Gasteiger partial charge on any atom is -0.298 e. The van der Waals surface area contributed by atoms with E-state index in [2.05, 4.69) is 18.8 Å². The molecule has 2 aromatic rings. The summed E-state index contributed by atoms with van der Waals surface area (Å²) >= 11 is 0. The standard InChI is InChI=1S/C16H12O/c1-13-2-4-14(5-3-13)6-7-15-8-10-16(12-17)11-9-15/h2-5,8-12H,1H3. The first kappa shape index (κ1) is 11.2. The number of aldehydes is 1. The second-order valence-corrected chi connectivity index (χ2v) is 3.86. The molecule has 0 aliphatic heterocycles. The number of benzene rings is 2. The van der Waals surface area contributed by atoms with Crippen molar-refractivity contribution in [1.82, 2.24) is 0 Å². The van der Waals surface area contributed by atoms with Gasteiger partial charge in [0.15, 0.2) is 0 Å². The third kappa shape index (κ3) is 3.06. The number of rotatable bonds is 1. The molecule has 1 heteroatoms. The second kappa shape index (κ2) is 5.14. The highest BCUT2D eigenvalue weighted by Gasteiger charge is 1.90. The van der Waals surface area contributed by atoms with Crippen LogP contribution in [-0.4, -0.2) is 6.29 Å². The van der Waals surface area contributed by atoms with Gasteiger partial charge >= 0.3 is 0 Å². The van der Waals surface area contributed by atoms with E-state index in [1.807, 2.05) is 36.4 Å². The number of carbonyl (C=O) groups is 1. The average Bonchev–Trinajstić information content (AvgIpc) is 2.39. The van der Waals surface area contributed by atoms with Crippen molar-refractivity contribution in [3.8, 4) is 11.8 Å². The fraction of sp³-hybridized carbons (Fsp3) is 0.0625. The van der Waals surface area contributed by atoms with Crippen molar-refractivity contribution >= 4 is 6.29 Å². The van der Waals surface area contributed by atoms with Crippen LogP contribution in [0.4, 0.5) is 0 Å². The van der Waals surface area contributed by atoms with E-state index in [1.165, 1.54) is 5.56 Å². The van der Waals surface area contributed by atoms with Gasteiger partial charge in [0.25, 0.3) is 0 Å². The molecule has 17 heavy (non-hydrogen) atoms. The van der Waals surface area contributed by atoms with Gasteiger partial charge in [0.05, 0.1) is 0 Å². The highest BCUT2D eigenvalue weighted by atomic mass is 16.1. The molecular formula is C16H12O. The van der Waals surface area contributed by atoms with Gasteiger partial charge in [0, 0.05) is 16.7 Å². The lowest BCUT2D eigenvalue weighted by molar-refractivity contribution is 0.112. The molecule has 0 aliphatic rings. The van der Waals surface area contributed by atoms with E-state index < -0.39 is 0 Å². The molecule has 2 rings (SSSR count). The zero-order valence-corrected chi connectivity index (χ0v) is 9.60. The van der Waals surface area contributed by atoms with E-state index in [0.717, 1.165) is 17.4 Å². The monoisotopic (exact) mass is 220 g/mol. The van der Waals surface area contributed by atoms with Crippen LogP contribution in [0.1, 0.15) is 27.0 Å². The van der Waals surface area contributed by atoms with E-state index in [4.69, 9.17) is 0 Å². The summed E-state index contributed by atoms with van der Waals surface area (Å²) in [7, 11) is 0. The zero-order chi connectivity index (χ0) is 12.1. The van der Waals surface area contributed by atoms with Crippen LogP contribution in [0.3, 0.4) is 0 Å². The Bertz CT molecular complexity index is 566. The Morgan fingerprint density at radius 2 is 1.29 bits per heavy atom. The van der Waals surface area contributed by atoms with Gasteiger partial charge in [0.1, 0.15) is 6.29 Å². The quantitative estimate of drug-likeness (QED) is 0.532. The molecule has 0 unspecified atom stereocenters. The summed E-state index contributed by atoms with van der Waals surface area (Å²) in [6.07, 6.45) is 0.831. The molecule has 0 bridgehead atoms. The highest BCUT2D eigenvalue weighted by Crippen LogP contribution is 2.03. The lowest BCUT2D eigenvalue weighted by atomic mass is 10.1. The molecule has 82 valence electrons. The smallest absolute Gasteiger partial charge is 0.150 e. The molecule has 0 amide bonds. The first-order valence-corrected chi connectivity index (χ1v) is 5.42. The van der Waals surface area contributed by atoms with Crippen LogP contribution < -0.4 is 0 Å². The Balaban J connectivity index is 2.20. The molecule has 1 nitrogen and oxygen atoms in total. The molecule has 0 heterocycles. The van der Waals surface area contributed by atoms with Gasteiger partial charge in [0.2, 0.25) is 0 Å². The zero-order valence-electron chi connectivity index (χ0n) is 9.60. The normalized spacial score (nSPS) is 9.24. The van der Waals surface area contributed by atoms with Gasteiger partial charge in [-0.15, -0.1) is 0 Å². The molecule has 0 aromatic heterocycles. The highest BCUT2D eigenvalue weighted by molar-refractivity contribution is 5.74. The Hall–Kier alpha value is -2.33. The molecule has 0 saturated heterocycles. The Morgan fingerprint density at radius 3 is 1.76 bits per heavy atom. The van der Waals surface area contributed by atoms with Crippen molar-refractivity contribution < 1.29 is 4.79 Å². The molecule has 0 N–H and O–H groups in total. The summed E-state index contributed by atoms with van der Waals surface area (Å²) in [6.45, 7) is 2.05. The van der Waals surface area contributed by atoms with Crippen molar-refractivity contribution in [3.63, 3.8) is 0 Å². The largest absolute Gasteiger partial charge is 0.298 e. The van der Waals surface area contributed by atoms with E-state index in [1.54, 1.807) is 12.1 Å². The van der Waals surface area contributed by atoms with E-state index in [9.17, 15) is 4.79 Å². The summed E-state index contributed by atoms with van der Waals surface area (Å²) < 4.78 is 0. The van der Waals surface area contributed by atoms with Crippen LogP contribution >= 0.6 is 0 Å². The van der Waals surface area contributed by atoms with Gasteiger partial charge in [-0.25, -0.2) is 0 Å². The molecule has 0 radical (unpaired) electrons. The van der Waals surface area contributed by atoms with E-state index in [0.29, 0.717) is 5.56 Å². The topological polar surface area (TPSA) is 17.1 Å². The summed E-state index contributed by atoms with van der Waals surface area (Å²) in [5.41, 5.74) is 3.81. The summed E-state index contributed by atoms with van der Waals surface area (Å²) in [4.78, 5) is 10.5. The van der Waals surface area contributed by atoms with Crippen LogP contribution in [-0.2, 0) is 0 Å². The summed E-state index contributed by atoms with van der Waals surface area (Å²) in [5.74, 6) is 6.15. The van der Waals surface area contributed by atoms with E-state index in [-0.39, 0.29) is 0 Å². The Labute approximate surface area is 101 Å². The number of carbonyl (C=O) groups excluding carboxylic acids is 1. The first-order chi connectivity index (χ1) is 8.28. The fourth-order valence-electron chi connectivity index (χ4n) is 1.43. The van der Waals surface area contributed by atoms with Crippen LogP contribution in [0.2, 0.25) is 0 Å². The lowest BCUT2D eigenvalue weighted by Crippen LogP contribution is -1.80. The third-order valence-corrected chi connectivity index (χ3v) is 2.45. The Kier molecular flexibility index (Phi) is 3.37. The van der Waals surface area contributed by atoms with Crippen molar-refractivity contribution in [1.29, 1.82) is 0 Å². The van der Waals surface area contributed by atoms with Crippen molar-refractivity contribution in [3.05, 3.63) is 70.8 Å². The van der Waals surface area contributed by atoms with E-state index >= 15 is 0 Å². The molecule has 0 aliphatic carbocycles. The Morgan fingerprint density at radius 1 is 0.824 bits per heavy atom. The third-order valence-electron chi connectivity index (χ3n) is 2.45. The van der Waals surface area contributed by atoms with Gasteiger partial charge in [-0.3, -0.25) is 4.79 Å². The molecule has 0 fully saturated rings. The lowest BCUT2D eigenvalue weighted by Gasteiger charge is -1.93. The predicted octanol–water partition coefficient (Wildman–Crippen LogP) is 3.21. The second-order valence-electron chi connectivity index (χ2n) is 3.86. The van der Waals surface area contributed by atoms with Crippen molar-refractivity contribution in [2.24, 2.45) is 0 Å². The van der Waals surface area contributed by atoms with Gasteiger partial charge < -0.3 is 0 Å². The molecule has 2 aromatic carbocycles. The van der Waals surface area contributed by atoms with Crippen LogP contribution in [0.5, 0.6) is 0 Å². The van der Waals surface area contributed by atoms with Gasteiger partial charge in [-0.1, -0.05) is 41.7 Å². The van der Waals surface area contributed by atoms with Crippen LogP contribution in [0, 0.1) is 18.8 Å². The maximum atomic E-state index is 10.5. The summed E-state index contributed by atoms with van der Waals surface area (Å²) in [6, 6.07) is 15.3. The number of hydrogen-bond donors (Lipinski definition) is 0. The summed E-state index contributed by atoms with van der Waals surface area (Å²) in [5, 5.41) is 0. The van der Waals surface area contributed by atoms with Crippen LogP contribution in [0.25, 0.3) is 0 Å². The minimum atomic E-state index is 0.672. The first-order valence-electron chi connectivity index (χ1n) is 5.42. The number of hydrogen-bond acceptors (Lipinski definition) is 1. The molecule has 0 spiro atoms. The van der Waals surface area contributed by atoms with Crippen molar-refractivity contribution in [2.45, 2.75) is 6.92 Å². The van der Waals surface area contributed by atoms with Gasteiger partial charge in [-0.2, -0.15) is 0 Å². The minimum absolute atomic E-state index is 0.672. The SMILES string of the molecule is Cc1ccc(C#Cc2ccc(C=O)cc2)cc1. The van der Waals surface area contributed by atoms with Crippen molar-refractivity contribution in [2.75, 3.05) is 0 Å². The molecule has 0 atom stereocenters. The number of aryl methyl sites for hydroxylation is 1. The molecular weight excluding hydrogens is 208 g/mol. The maximum absolute atomic E-state index is 10.5. The van der Waals surface area contributed by atoms with Gasteiger partial charge in [-0.05, 0) is 31.2 Å². The average molecular weight is 220 g/mol. The molecule has 0 saturated carbocycles. The predicted molar refractivity (Wildman–Crippen MR) is 69.0 cm³/mol. The maximum Gasteiger partial charge on any atom is 0.150 e. The van der Waals surface area contributed by atoms with Crippen LogP contribution in [0.15, 0.2) is 48.5 Å².